The van der Waals surface area contributed by atoms with Gasteiger partial charge in [0.05, 0.1) is 12.5 Å². The molecule has 28 heavy (non-hydrogen) atoms. The molecule has 2 rings (SSSR count). The average molecular weight is 389 g/mol. The van der Waals surface area contributed by atoms with Crippen LogP contribution in [0.15, 0.2) is 30.3 Å². The quantitative estimate of drug-likeness (QED) is 0.437. The Kier molecular flexibility index (Phi) is 6.14. The molecule has 10 heteroatoms. The minimum atomic E-state index is -1.59. The molecule has 1 heterocycles. The first-order valence-electron chi connectivity index (χ1n) is 8.27. The van der Waals surface area contributed by atoms with E-state index in [1.807, 2.05) is 0 Å². The molecule has 2 aromatic rings. The van der Waals surface area contributed by atoms with Crippen LogP contribution in [0.5, 0.6) is 0 Å². The first-order valence-corrected chi connectivity index (χ1v) is 8.27. The van der Waals surface area contributed by atoms with Crippen LogP contribution in [-0.2, 0) is 25.7 Å². The maximum absolute atomic E-state index is 12.6. The van der Waals surface area contributed by atoms with Gasteiger partial charge in [-0.3, -0.25) is 24.0 Å². The van der Waals surface area contributed by atoms with Gasteiger partial charge in [0.15, 0.2) is 5.78 Å². The molecule has 1 aromatic carbocycles. The number of hydrogen-bond acceptors (Lipinski definition) is 5. The van der Waals surface area contributed by atoms with Crippen molar-refractivity contribution in [2.24, 2.45) is 11.7 Å². The molecule has 0 spiro atoms. The van der Waals surface area contributed by atoms with Crippen LogP contribution in [0, 0.1) is 5.92 Å². The summed E-state index contributed by atoms with van der Waals surface area (Å²) in [4.78, 5) is 58.4. The van der Waals surface area contributed by atoms with E-state index in [1.54, 1.807) is 24.3 Å². The van der Waals surface area contributed by atoms with Crippen LogP contribution in [-0.4, -0.2) is 50.4 Å². The lowest BCUT2D eigenvalue weighted by Gasteiger charge is -2.18. The van der Waals surface area contributed by atoms with Gasteiger partial charge in [0.1, 0.15) is 18.2 Å². The molecule has 0 aliphatic rings. The monoisotopic (exact) mass is 389 g/mol. The average Bonchev–Trinajstić information content (AvgIpc) is 2.97. The van der Waals surface area contributed by atoms with E-state index in [2.05, 4.69) is 5.32 Å². The van der Waals surface area contributed by atoms with Gasteiger partial charge in [-0.2, -0.15) is 0 Å². The summed E-state index contributed by atoms with van der Waals surface area (Å²) >= 11 is 0. The van der Waals surface area contributed by atoms with Gasteiger partial charge in [-0.25, -0.2) is 0 Å². The second-order valence-electron chi connectivity index (χ2n) is 6.22. The molecule has 0 saturated carbocycles. The number of carbonyl (C=O) groups is 5. The zero-order valence-corrected chi connectivity index (χ0v) is 14.9. The van der Waals surface area contributed by atoms with Crippen LogP contribution in [0.1, 0.15) is 23.8 Å². The van der Waals surface area contributed by atoms with Gasteiger partial charge in [0, 0.05) is 10.9 Å². The summed E-state index contributed by atoms with van der Waals surface area (Å²) in [6.45, 7) is 0.823. The zero-order valence-electron chi connectivity index (χ0n) is 14.9. The first-order chi connectivity index (χ1) is 13.1. The fourth-order valence-corrected chi connectivity index (χ4v) is 2.86. The Bertz CT molecular complexity index is 963. The number of nitrogens with one attached hydrogen (secondary N) is 1. The molecular formula is C18H19N3O7. The molecule has 5 N–H and O–H groups in total. The summed E-state index contributed by atoms with van der Waals surface area (Å²) in [6.07, 6.45) is -0.784. The van der Waals surface area contributed by atoms with Crippen LogP contribution in [0.3, 0.4) is 0 Å². The number of carboxylic acid groups (broad SMARTS) is 2. The number of nitrogens with two attached hydrogens (primary N) is 1. The van der Waals surface area contributed by atoms with Crippen molar-refractivity contribution in [3.8, 4) is 0 Å². The fourth-order valence-electron chi connectivity index (χ4n) is 2.86. The van der Waals surface area contributed by atoms with Crippen molar-refractivity contribution >= 4 is 40.4 Å². The van der Waals surface area contributed by atoms with Crippen molar-refractivity contribution < 1.29 is 34.2 Å². The van der Waals surface area contributed by atoms with Crippen LogP contribution < -0.4 is 11.1 Å². The van der Waals surface area contributed by atoms with Crippen LogP contribution >= 0.6 is 0 Å². The van der Waals surface area contributed by atoms with E-state index in [0.717, 1.165) is 0 Å². The smallest absolute Gasteiger partial charge is 0.323 e. The molecule has 0 unspecified atom stereocenters. The minimum Gasteiger partial charge on any atom is -0.481 e. The highest BCUT2D eigenvalue weighted by Crippen LogP contribution is 2.20. The number of para-hydroxylation sites is 1. The summed E-state index contributed by atoms with van der Waals surface area (Å²) in [5, 5.41) is 21.0. The Morgan fingerprint density at radius 2 is 1.75 bits per heavy atom. The third-order valence-corrected chi connectivity index (χ3v) is 4.18. The summed E-state index contributed by atoms with van der Waals surface area (Å²) in [6, 6.07) is 7.05. The summed E-state index contributed by atoms with van der Waals surface area (Å²) in [5.74, 6) is -6.81. The van der Waals surface area contributed by atoms with E-state index in [0.29, 0.717) is 10.9 Å². The van der Waals surface area contributed by atoms with Crippen molar-refractivity contribution in [2.45, 2.75) is 25.9 Å². The molecule has 0 fully saturated rings. The number of aliphatic carboxylic acids is 2. The third kappa shape index (κ3) is 4.53. The molecule has 148 valence electrons. The number of primary amides is 1. The van der Waals surface area contributed by atoms with E-state index in [9.17, 15) is 24.0 Å². The number of hydrogen-bond donors (Lipinski definition) is 4. The number of ketones is 1. The van der Waals surface area contributed by atoms with Crippen molar-refractivity contribution in [2.75, 3.05) is 0 Å². The lowest BCUT2D eigenvalue weighted by molar-refractivity contribution is -0.144. The van der Waals surface area contributed by atoms with Gasteiger partial charge in [0.2, 0.25) is 5.91 Å². The number of fused-ring (bicyclic) bond motifs is 1. The molecular weight excluding hydrogens is 370 g/mol. The highest BCUT2D eigenvalue weighted by molar-refractivity contribution is 6.07. The van der Waals surface area contributed by atoms with Crippen LogP contribution in [0.4, 0.5) is 0 Å². The molecule has 0 radical (unpaired) electrons. The Hall–Kier alpha value is -3.69. The topological polar surface area (TPSA) is 169 Å². The minimum absolute atomic E-state index is 0.0112. The van der Waals surface area contributed by atoms with Crippen LogP contribution in [0.25, 0.3) is 10.9 Å². The number of Topliss-reactive ketones (excluding diaryl/α,β-unsaturated/α-hetero) is 1. The third-order valence-electron chi connectivity index (χ3n) is 4.18. The maximum Gasteiger partial charge on any atom is 0.323 e. The van der Waals surface area contributed by atoms with Gasteiger partial charge < -0.3 is 25.8 Å². The Balaban J connectivity index is 2.28. The molecule has 0 aliphatic carbocycles. The van der Waals surface area contributed by atoms with Crippen molar-refractivity contribution in [3.63, 3.8) is 0 Å². The maximum atomic E-state index is 12.6. The molecule has 1 aromatic heterocycles. The lowest BCUT2D eigenvalue weighted by atomic mass is 9.95. The van der Waals surface area contributed by atoms with E-state index in [4.69, 9.17) is 15.9 Å². The van der Waals surface area contributed by atoms with E-state index >= 15 is 0 Å². The molecule has 2 amide bonds. The molecule has 0 bridgehead atoms. The van der Waals surface area contributed by atoms with Crippen molar-refractivity contribution in [1.82, 2.24) is 9.88 Å². The van der Waals surface area contributed by atoms with Gasteiger partial charge in [-0.15, -0.1) is 0 Å². The number of aromatic nitrogens is 1. The predicted octanol–water partition coefficient (Wildman–Crippen LogP) is -0.0105. The van der Waals surface area contributed by atoms with E-state index in [1.165, 1.54) is 17.6 Å². The van der Waals surface area contributed by atoms with Crippen LogP contribution in [0.2, 0.25) is 0 Å². The van der Waals surface area contributed by atoms with Gasteiger partial charge in [-0.1, -0.05) is 18.2 Å². The standard InChI is InChI=1S/C18H19N3O7/c1-9(16(26)11(17(19)27)7-14(22)23)20-18(28)13-6-10-4-2-3-5-12(10)21(13)8-15(24)25/h2-6,9,11H,7-8H2,1H3,(H2,19,27)(H,20,28)(H,22,23)(H,24,25)/t9-,11-/m0/s1. The lowest BCUT2D eigenvalue weighted by Crippen LogP contribution is -2.46. The summed E-state index contributed by atoms with van der Waals surface area (Å²) < 4.78 is 1.28. The largest absolute Gasteiger partial charge is 0.481 e. The van der Waals surface area contributed by atoms with E-state index < -0.39 is 54.5 Å². The van der Waals surface area contributed by atoms with Gasteiger partial charge in [-0.05, 0) is 19.1 Å². The highest BCUT2D eigenvalue weighted by atomic mass is 16.4. The first kappa shape index (κ1) is 20.6. The SMILES string of the molecule is C[C@H](NC(=O)c1cc2ccccc2n1CC(=O)O)C(=O)[C@H](CC(=O)O)C(N)=O. The summed E-state index contributed by atoms with van der Waals surface area (Å²) in [5.41, 5.74) is 5.62. The Labute approximate surface area is 158 Å². The van der Waals surface area contributed by atoms with Crippen molar-refractivity contribution in [3.05, 3.63) is 36.0 Å². The number of benzene rings is 1. The molecule has 0 aliphatic heterocycles. The summed E-state index contributed by atoms with van der Waals surface area (Å²) in [7, 11) is 0. The number of carbonyl (C=O) groups excluding carboxylic acids is 3. The highest BCUT2D eigenvalue weighted by Gasteiger charge is 2.32. The molecule has 0 saturated heterocycles. The predicted molar refractivity (Wildman–Crippen MR) is 96.4 cm³/mol. The Morgan fingerprint density at radius 3 is 2.32 bits per heavy atom. The zero-order chi connectivity index (χ0) is 21.0. The number of amides is 2. The number of carboxylic acids is 2. The molecule has 10 nitrogen and oxygen atoms in total. The van der Waals surface area contributed by atoms with Gasteiger partial charge in [0.25, 0.3) is 5.91 Å². The second kappa shape index (κ2) is 8.33. The molecule has 2 atom stereocenters. The van der Waals surface area contributed by atoms with Crippen molar-refractivity contribution in [1.29, 1.82) is 0 Å². The second-order valence-corrected chi connectivity index (χ2v) is 6.22. The fraction of sp³-hybridized carbons (Fsp3) is 0.278. The normalized spacial score (nSPS) is 12.9. The van der Waals surface area contributed by atoms with E-state index in [-0.39, 0.29) is 5.69 Å². The number of rotatable bonds is 9. The Morgan fingerprint density at radius 1 is 1.11 bits per heavy atom. The van der Waals surface area contributed by atoms with Gasteiger partial charge >= 0.3 is 11.9 Å². The number of nitrogens with zero attached hydrogens (tertiary/aromatic N) is 1.